The minimum absolute atomic E-state index is 1.37. The first-order valence-electron chi connectivity index (χ1n) is 2.72. The van der Waals surface area contributed by atoms with Gasteiger partial charge in [0.25, 0.3) is 0 Å². The van der Waals surface area contributed by atoms with E-state index in [-0.39, 0.29) is 0 Å². The highest BCUT2D eigenvalue weighted by atomic mass is 33.1. The van der Waals surface area contributed by atoms with E-state index in [1.54, 1.807) is 10.8 Å². The predicted octanol–water partition coefficient (Wildman–Crippen LogP) is 2.95. The van der Waals surface area contributed by atoms with E-state index in [0.29, 0.717) is 0 Å². The van der Waals surface area contributed by atoms with Crippen LogP contribution in [-0.4, -0.2) is 0 Å². The zero-order valence-electron chi connectivity index (χ0n) is 4.70. The van der Waals surface area contributed by atoms with Gasteiger partial charge < -0.3 is 0 Å². The molecule has 1 heterocycles. The standard InChI is InChI=1S/C7H5S2/c1-2-4-7-6(3-1)5-8-9-7/h1-5H. The van der Waals surface area contributed by atoms with E-state index in [0.717, 1.165) is 0 Å². The molecule has 0 spiro atoms. The topological polar surface area (TPSA) is 0 Å². The summed E-state index contributed by atoms with van der Waals surface area (Å²) in [7, 11) is 3.62. The second kappa shape index (κ2) is 2.27. The van der Waals surface area contributed by atoms with Crippen molar-refractivity contribution in [3.05, 3.63) is 35.6 Å². The maximum Gasteiger partial charge on any atom is 0.0584 e. The molecule has 1 aromatic rings. The minimum Gasteiger partial charge on any atom is -0.0791 e. The van der Waals surface area contributed by atoms with Crippen LogP contribution in [0.3, 0.4) is 0 Å². The number of rotatable bonds is 0. The third-order valence-corrected chi connectivity index (χ3v) is 3.35. The Balaban J connectivity index is 2.54. The van der Waals surface area contributed by atoms with Gasteiger partial charge in [0, 0.05) is 4.90 Å². The van der Waals surface area contributed by atoms with Gasteiger partial charge in [-0.15, -0.1) is 0 Å². The summed E-state index contributed by atoms with van der Waals surface area (Å²) in [5.74, 6) is 2.18. The van der Waals surface area contributed by atoms with Crippen molar-refractivity contribution in [2.24, 2.45) is 0 Å². The Morgan fingerprint density at radius 1 is 1.11 bits per heavy atom. The van der Waals surface area contributed by atoms with E-state index in [1.165, 1.54) is 10.5 Å². The molecule has 0 saturated heterocycles. The van der Waals surface area contributed by atoms with E-state index in [4.69, 9.17) is 0 Å². The first-order valence-corrected chi connectivity index (χ1v) is 4.94. The smallest absolute Gasteiger partial charge is 0.0584 e. The molecule has 0 unspecified atom stereocenters. The van der Waals surface area contributed by atoms with Crippen molar-refractivity contribution in [3.63, 3.8) is 0 Å². The molecule has 0 aromatic heterocycles. The zero-order chi connectivity index (χ0) is 6.10. The van der Waals surface area contributed by atoms with Crippen LogP contribution in [0.1, 0.15) is 5.56 Å². The van der Waals surface area contributed by atoms with E-state index in [9.17, 15) is 0 Å². The van der Waals surface area contributed by atoms with Crippen LogP contribution in [0.15, 0.2) is 29.2 Å². The molecule has 1 aromatic carbocycles. The van der Waals surface area contributed by atoms with E-state index in [2.05, 4.69) is 30.0 Å². The van der Waals surface area contributed by atoms with Crippen molar-refractivity contribution in [3.8, 4) is 0 Å². The van der Waals surface area contributed by atoms with Gasteiger partial charge in [0.05, 0.1) is 5.75 Å². The molecule has 0 amide bonds. The van der Waals surface area contributed by atoms with Gasteiger partial charge in [0.15, 0.2) is 0 Å². The van der Waals surface area contributed by atoms with Gasteiger partial charge in [-0.3, -0.25) is 0 Å². The van der Waals surface area contributed by atoms with E-state index in [1.807, 2.05) is 10.8 Å². The third kappa shape index (κ3) is 0.970. The summed E-state index contributed by atoms with van der Waals surface area (Å²) >= 11 is 0. The number of hydrogen-bond acceptors (Lipinski definition) is 2. The molecule has 2 rings (SSSR count). The highest BCUT2D eigenvalue weighted by molar-refractivity contribution is 8.78. The lowest BCUT2D eigenvalue weighted by atomic mass is 10.2. The van der Waals surface area contributed by atoms with Crippen molar-refractivity contribution < 1.29 is 0 Å². The summed E-state index contributed by atoms with van der Waals surface area (Å²) in [6.45, 7) is 0. The predicted molar refractivity (Wildman–Crippen MR) is 43.3 cm³/mol. The molecule has 1 aliphatic rings. The summed E-state index contributed by atoms with van der Waals surface area (Å²) in [4.78, 5) is 1.39. The third-order valence-electron chi connectivity index (χ3n) is 1.23. The van der Waals surface area contributed by atoms with Gasteiger partial charge in [-0.1, -0.05) is 39.8 Å². The van der Waals surface area contributed by atoms with Crippen molar-refractivity contribution in [1.29, 1.82) is 0 Å². The number of benzene rings is 1. The van der Waals surface area contributed by atoms with Gasteiger partial charge in [-0.05, 0) is 11.6 Å². The van der Waals surface area contributed by atoms with Crippen LogP contribution in [0.5, 0.6) is 0 Å². The molecule has 9 heavy (non-hydrogen) atoms. The van der Waals surface area contributed by atoms with Crippen LogP contribution in [0.2, 0.25) is 0 Å². The Hall–Kier alpha value is -0.0800. The van der Waals surface area contributed by atoms with E-state index >= 15 is 0 Å². The number of fused-ring (bicyclic) bond motifs is 1. The highest BCUT2D eigenvalue weighted by Crippen LogP contribution is 2.45. The van der Waals surface area contributed by atoms with Gasteiger partial charge in [-0.25, -0.2) is 0 Å². The van der Waals surface area contributed by atoms with Crippen LogP contribution in [0, 0.1) is 5.75 Å². The lowest BCUT2D eigenvalue weighted by Crippen LogP contribution is -1.71. The van der Waals surface area contributed by atoms with Gasteiger partial charge in [0.2, 0.25) is 0 Å². The highest BCUT2D eigenvalue weighted by Gasteiger charge is 2.09. The first kappa shape index (κ1) is 5.69. The maximum atomic E-state index is 2.18. The van der Waals surface area contributed by atoms with Crippen molar-refractivity contribution in [1.82, 2.24) is 0 Å². The van der Waals surface area contributed by atoms with Crippen LogP contribution in [0.25, 0.3) is 0 Å². The molecule has 0 saturated carbocycles. The second-order valence-corrected chi connectivity index (χ2v) is 3.95. The van der Waals surface area contributed by atoms with Crippen LogP contribution in [0.4, 0.5) is 0 Å². The summed E-state index contributed by atoms with van der Waals surface area (Å²) in [6.07, 6.45) is 0. The molecule has 0 nitrogen and oxygen atoms in total. The Kier molecular flexibility index (Phi) is 1.44. The summed E-state index contributed by atoms with van der Waals surface area (Å²) in [6, 6.07) is 8.44. The SMILES string of the molecule is [CH]1SSc2ccccc21. The van der Waals surface area contributed by atoms with Crippen LogP contribution >= 0.6 is 21.6 Å². The minimum atomic E-state index is 1.37. The lowest BCUT2D eigenvalue weighted by Gasteiger charge is -1.90. The Labute approximate surface area is 62.4 Å². The average Bonchev–Trinajstić information content (AvgIpc) is 2.33. The first-order chi connectivity index (χ1) is 4.47. The molecule has 0 aliphatic carbocycles. The fourth-order valence-electron chi connectivity index (χ4n) is 0.782. The molecule has 1 radical (unpaired) electrons. The summed E-state index contributed by atoms with van der Waals surface area (Å²) in [5.41, 5.74) is 1.37. The Bertz CT molecular complexity index is 197. The maximum absolute atomic E-state index is 2.18. The monoisotopic (exact) mass is 153 g/mol. The van der Waals surface area contributed by atoms with Crippen LogP contribution in [-0.2, 0) is 0 Å². The Morgan fingerprint density at radius 2 is 2.00 bits per heavy atom. The fraction of sp³-hybridized carbons (Fsp3) is 0. The summed E-state index contributed by atoms with van der Waals surface area (Å²) in [5, 5.41) is 0. The molecule has 45 valence electrons. The molecule has 0 N–H and O–H groups in total. The number of hydrogen-bond donors (Lipinski definition) is 0. The average molecular weight is 153 g/mol. The largest absolute Gasteiger partial charge is 0.0791 e. The van der Waals surface area contributed by atoms with Crippen molar-refractivity contribution in [2.45, 2.75) is 4.90 Å². The van der Waals surface area contributed by atoms with Crippen molar-refractivity contribution in [2.75, 3.05) is 0 Å². The zero-order valence-corrected chi connectivity index (χ0v) is 6.34. The van der Waals surface area contributed by atoms with Gasteiger partial charge in [-0.2, -0.15) is 0 Å². The van der Waals surface area contributed by atoms with E-state index < -0.39 is 0 Å². The molecule has 1 aliphatic heterocycles. The lowest BCUT2D eigenvalue weighted by molar-refractivity contribution is 1.40. The molecule has 0 bridgehead atoms. The normalized spacial score (nSPS) is 15.6. The molecular formula is C7H5S2. The molecule has 0 atom stereocenters. The second-order valence-electron chi connectivity index (χ2n) is 1.84. The molecule has 2 heteroatoms. The van der Waals surface area contributed by atoms with Crippen molar-refractivity contribution >= 4 is 21.6 Å². The van der Waals surface area contributed by atoms with Gasteiger partial charge >= 0.3 is 0 Å². The summed E-state index contributed by atoms with van der Waals surface area (Å²) < 4.78 is 0. The van der Waals surface area contributed by atoms with Gasteiger partial charge in [0.1, 0.15) is 0 Å². The quantitative estimate of drug-likeness (QED) is 0.525. The Morgan fingerprint density at radius 3 is 2.89 bits per heavy atom. The van der Waals surface area contributed by atoms with Crippen LogP contribution < -0.4 is 0 Å². The fourth-order valence-corrected chi connectivity index (χ4v) is 2.90. The molecular weight excluding hydrogens is 148 g/mol. The molecule has 0 fully saturated rings.